The highest BCUT2D eigenvalue weighted by atomic mass is 35.5. The Kier molecular flexibility index (Phi) is 4.54. The van der Waals surface area contributed by atoms with Crippen molar-refractivity contribution in [3.63, 3.8) is 0 Å². The van der Waals surface area contributed by atoms with Crippen molar-refractivity contribution in [3.05, 3.63) is 51.4 Å². The van der Waals surface area contributed by atoms with E-state index in [1.807, 2.05) is 23.8 Å². The molecule has 2 aromatic rings. The molecule has 1 N–H and O–H groups in total. The molecule has 0 aliphatic carbocycles. The van der Waals surface area contributed by atoms with Crippen LogP contribution in [0.2, 0.25) is 5.02 Å². The van der Waals surface area contributed by atoms with Gasteiger partial charge in [-0.3, -0.25) is 4.98 Å². The van der Waals surface area contributed by atoms with E-state index in [2.05, 4.69) is 29.4 Å². The van der Waals surface area contributed by atoms with E-state index in [9.17, 15) is 0 Å². The summed E-state index contributed by atoms with van der Waals surface area (Å²) in [6, 6.07) is 8.41. The third kappa shape index (κ3) is 3.53. The van der Waals surface area contributed by atoms with E-state index in [0.717, 1.165) is 18.0 Å². The Morgan fingerprint density at radius 2 is 2.12 bits per heavy atom. The van der Waals surface area contributed by atoms with Crippen LogP contribution in [0.1, 0.15) is 29.8 Å². The van der Waals surface area contributed by atoms with Crippen LogP contribution < -0.4 is 5.32 Å². The van der Waals surface area contributed by atoms with Gasteiger partial charge in [-0.25, -0.2) is 0 Å². The second-order valence-electron chi connectivity index (χ2n) is 3.86. The molecule has 0 saturated heterocycles. The van der Waals surface area contributed by atoms with Gasteiger partial charge in [-0.15, -0.1) is 11.3 Å². The summed E-state index contributed by atoms with van der Waals surface area (Å²) in [4.78, 5) is 5.33. The maximum absolute atomic E-state index is 5.89. The Labute approximate surface area is 111 Å². The summed E-state index contributed by atoms with van der Waals surface area (Å²) in [6.07, 6.45) is 2.96. The Morgan fingerprint density at radius 3 is 2.71 bits per heavy atom. The molecule has 0 aliphatic heterocycles. The topological polar surface area (TPSA) is 24.9 Å². The van der Waals surface area contributed by atoms with Crippen molar-refractivity contribution < 1.29 is 0 Å². The Bertz CT molecular complexity index is 439. The van der Waals surface area contributed by atoms with Gasteiger partial charge >= 0.3 is 0 Å². The van der Waals surface area contributed by atoms with Crippen LogP contribution in [0.3, 0.4) is 0 Å². The number of thiazole rings is 1. The molecule has 0 aliphatic rings. The molecule has 17 heavy (non-hydrogen) atoms. The Hall–Kier alpha value is -0.900. The van der Waals surface area contributed by atoms with Crippen molar-refractivity contribution in [2.45, 2.75) is 25.9 Å². The third-order valence-electron chi connectivity index (χ3n) is 2.69. The van der Waals surface area contributed by atoms with Crippen LogP contribution in [0.25, 0.3) is 0 Å². The van der Waals surface area contributed by atoms with Crippen molar-refractivity contribution in [2.24, 2.45) is 0 Å². The maximum Gasteiger partial charge on any atom is 0.0794 e. The predicted molar refractivity (Wildman–Crippen MR) is 73.4 cm³/mol. The van der Waals surface area contributed by atoms with Crippen molar-refractivity contribution in [1.29, 1.82) is 0 Å². The molecular formula is C13H15ClN2S. The minimum atomic E-state index is 0.370. The number of benzene rings is 1. The van der Waals surface area contributed by atoms with Crippen molar-refractivity contribution in [2.75, 3.05) is 0 Å². The average molecular weight is 267 g/mol. The van der Waals surface area contributed by atoms with Gasteiger partial charge in [0.05, 0.1) is 5.51 Å². The molecule has 90 valence electrons. The standard InChI is InChI=1S/C13H15ClN2S/c1-2-13(10-3-5-11(14)6-4-10)16-8-12-7-15-9-17-12/h3-7,9,13,16H,2,8H2,1H3. The van der Waals surface area contributed by atoms with E-state index in [-0.39, 0.29) is 0 Å². The number of aromatic nitrogens is 1. The van der Waals surface area contributed by atoms with Crippen molar-refractivity contribution in [1.82, 2.24) is 10.3 Å². The van der Waals surface area contributed by atoms with Gasteiger partial charge in [0.2, 0.25) is 0 Å². The highest BCUT2D eigenvalue weighted by Gasteiger charge is 2.08. The number of rotatable bonds is 5. The lowest BCUT2D eigenvalue weighted by molar-refractivity contribution is 0.521. The zero-order chi connectivity index (χ0) is 12.1. The molecule has 0 amide bonds. The lowest BCUT2D eigenvalue weighted by atomic mass is 10.0. The summed E-state index contributed by atoms with van der Waals surface area (Å²) in [7, 11) is 0. The van der Waals surface area contributed by atoms with E-state index >= 15 is 0 Å². The van der Waals surface area contributed by atoms with Gasteiger partial charge in [0.1, 0.15) is 0 Å². The van der Waals surface area contributed by atoms with E-state index in [1.165, 1.54) is 10.4 Å². The average Bonchev–Trinajstić information content (AvgIpc) is 2.85. The van der Waals surface area contributed by atoms with Gasteiger partial charge in [-0.2, -0.15) is 0 Å². The molecule has 0 bridgehead atoms. The monoisotopic (exact) mass is 266 g/mol. The molecule has 0 saturated carbocycles. The number of nitrogens with zero attached hydrogens (tertiary/aromatic N) is 1. The molecule has 1 heterocycles. The molecule has 1 atom stereocenters. The number of hydrogen-bond acceptors (Lipinski definition) is 3. The zero-order valence-corrected chi connectivity index (χ0v) is 11.3. The summed E-state index contributed by atoms with van der Waals surface area (Å²) in [5.41, 5.74) is 3.14. The van der Waals surface area contributed by atoms with Crippen LogP contribution in [0, 0.1) is 0 Å². The van der Waals surface area contributed by atoms with E-state index in [1.54, 1.807) is 11.3 Å². The largest absolute Gasteiger partial charge is 0.305 e. The summed E-state index contributed by atoms with van der Waals surface area (Å²) in [5.74, 6) is 0. The molecule has 0 spiro atoms. The van der Waals surface area contributed by atoms with Crippen LogP contribution in [0.5, 0.6) is 0 Å². The predicted octanol–water partition coefficient (Wildman–Crippen LogP) is 4.04. The van der Waals surface area contributed by atoms with Crippen LogP contribution in [-0.4, -0.2) is 4.98 Å². The normalized spacial score (nSPS) is 12.6. The van der Waals surface area contributed by atoms with Crippen LogP contribution in [0.4, 0.5) is 0 Å². The van der Waals surface area contributed by atoms with Gasteiger partial charge in [-0.05, 0) is 24.1 Å². The fraction of sp³-hybridized carbons (Fsp3) is 0.308. The summed E-state index contributed by atoms with van der Waals surface area (Å²) >= 11 is 7.57. The minimum Gasteiger partial charge on any atom is -0.305 e. The number of nitrogens with one attached hydrogen (secondary N) is 1. The minimum absolute atomic E-state index is 0.370. The number of halogens is 1. The van der Waals surface area contributed by atoms with Gasteiger partial charge < -0.3 is 5.32 Å². The molecule has 2 rings (SSSR count). The molecule has 1 unspecified atom stereocenters. The zero-order valence-electron chi connectivity index (χ0n) is 9.69. The first-order chi connectivity index (χ1) is 8.29. The highest BCUT2D eigenvalue weighted by molar-refractivity contribution is 7.09. The third-order valence-corrected chi connectivity index (χ3v) is 3.72. The Morgan fingerprint density at radius 1 is 1.35 bits per heavy atom. The summed E-state index contributed by atoms with van der Waals surface area (Å²) in [5, 5.41) is 4.32. The van der Waals surface area contributed by atoms with Crippen molar-refractivity contribution >= 4 is 22.9 Å². The second kappa shape index (κ2) is 6.15. The fourth-order valence-electron chi connectivity index (χ4n) is 1.75. The molecule has 0 radical (unpaired) electrons. The fourth-order valence-corrected chi connectivity index (χ4v) is 2.42. The summed E-state index contributed by atoms with van der Waals surface area (Å²) in [6.45, 7) is 3.05. The molecule has 1 aromatic heterocycles. The van der Waals surface area contributed by atoms with E-state index in [0.29, 0.717) is 6.04 Å². The van der Waals surface area contributed by atoms with Gasteiger partial charge in [-0.1, -0.05) is 30.7 Å². The first kappa shape index (κ1) is 12.6. The van der Waals surface area contributed by atoms with Crippen LogP contribution >= 0.6 is 22.9 Å². The first-order valence-electron chi connectivity index (χ1n) is 5.66. The SMILES string of the molecule is CCC(NCc1cncs1)c1ccc(Cl)cc1. The lowest BCUT2D eigenvalue weighted by Gasteiger charge is -2.16. The second-order valence-corrected chi connectivity index (χ2v) is 5.27. The lowest BCUT2D eigenvalue weighted by Crippen LogP contribution is -2.19. The van der Waals surface area contributed by atoms with Gasteiger partial charge in [0, 0.05) is 28.7 Å². The number of hydrogen-bond donors (Lipinski definition) is 1. The quantitative estimate of drug-likeness (QED) is 0.884. The molecular weight excluding hydrogens is 252 g/mol. The summed E-state index contributed by atoms with van der Waals surface area (Å²) < 4.78 is 0. The Balaban J connectivity index is 1.99. The van der Waals surface area contributed by atoms with Crippen molar-refractivity contribution in [3.8, 4) is 0 Å². The van der Waals surface area contributed by atoms with E-state index < -0.39 is 0 Å². The maximum atomic E-state index is 5.89. The van der Waals surface area contributed by atoms with Crippen LogP contribution in [-0.2, 0) is 6.54 Å². The van der Waals surface area contributed by atoms with Crippen LogP contribution in [0.15, 0.2) is 36.0 Å². The smallest absolute Gasteiger partial charge is 0.0794 e. The van der Waals surface area contributed by atoms with E-state index in [4.69, 9.17) is 11.6 Å². The molecule has 4 heteroatoms. The first-order valence-corrected chi connectivity index (χ1v) is 6.91. The molecule has 1 aromatic carbocycles. The highest BCUT2D eigenvalue weighted by Crippen LogP contribution is 2.20. The van der Waals surface area contributed by atoms with Gasteiger partial charge in [0.25, 0.3) is 0 Å². The molecule has 2 nitrogen and oxygen atoms in total. The van der Waals surface area contributed by atoms with Gasteiger partial charge in [0.15, 0.2) is 0 Å². The molecule has 0 fully saturated rings.